The van der Waals surface area contributed by atoms with E-state index in [9.17, 15) is 28.1 Å². The van der Waals surface area contributed by atoms with Crippen molar-refractivity contribution >= 4 is 33.2 Å². The molecule has 0 saturated heterocycles. The quantitative estimate of drug-likeness (QED) is 0.231. The van der Waals surface area contributed by atoms with Gasteiger partial charge in [-0.2, -0.15) is 0 Å². The Balaban J connectivity index is 2.09. The number of nitrogens with zero attached hydrogens (tertiary/aromatic N) is 3. The van der Waals surface area contributed by atoms with Crippen LogP contribution in [0, 0.1) is 29.9 Å². The number of amides is 2. The van der Waals surface area contributed by atoms with Crippen molar-refractivity contribution in [1.29, 1.82) is 0 Å². The molecular formula is C31H38N4O6S. The van der Waals surface area contributed by atoms with E-state index >= 15 is 0 Å². The van der Waals surface area contributed by atoms with Crippen LogP contribution in [-0.2, 0) is 32.6 Å². The zero-order chi connectivity index (χ0) is 31.0. The summed E-state index contributed by atoms with van der Waals surface area (Å²) >= 11 is 0. The van der Waals surface area contributed by atoms with Gasteiger partial charge in [0.25, 0.3) is 5.69 Å². The normalized spacial score (nSPS) is 12.0. The van der Waals surface area contributed by atoms with Gasteiger partial charge < -0.3 is 10.2 Å². The number of benzene rings is 3. The van der Waals surface area contributed by atoms with Gasteiger partial charge in [-0.1, -0.05) is 80.1 Å². The first-order chi connectivity index (χ1) is 19.8. The van der Waals surface area contributed by atoms with Gasteiger partial charge in [0.2, 0.25) is 21.8 Å². The third-order valence-corrected chi connectivity index (χ3v) is 7.91. The van der Waals surface area contributed by atoms with Crippen LogP contribution in [-0.4, -0.2) is 55.4 Å². The number of hydrogen-bond acceptors (Lipinski definition) is 6. The number of anilines is 1. The van der Waals surface area contributed by atoms with Crippen LogP contribution < -0.4 is 9.62 Å². The molecular weight excluding hydrogens is 556 g/mol. The standard InChI is InChI=1S/C31H38N4O6S/c1-22(2)19-32-31(37)29(17-25-9-7-6-8-10-25)33(20-26-14-11-23(3)12-15-26)30(36)21-34(42(5,40)41)28-18-27(35(38)39)16-13-24(28)4/h6-16,18,22,29H,17,19-21H2,1-5H3,(H,32,37)/t29-/m1/s1. The molecule has 0 aliphatic heterocycles. The predicted octanol–water partition coefficient (Wildman–Crippen LogP) is 4.39. The topological polar surface area (TPSA) is 130 Å². The van der Waals surface area contributed by atoms with Crippen LogP contribution in [0.15, 0.2) is 72.8 Å². The average molecular weight is 595 g/mol. The van der Waals surface area contributed by atoms with E-state index in [1.54, 1.807) is 6.92 Å². The molecule has 0 bridgehead atoms. The van der Waals surface area contributed by atoms with E-state index in [0.717, 1.165) is 33.3 Å². The molecule has 3 rings (SSSR count). The molecule has 2 amide bonds. The average Bonchev–Trinajstić information content (AvgIpc) is 2.93. The van der Waals surface area contributed by atoms with Crippen molar-refractivity contribution in [1.82, 2.24) is 10.2 Å². The van der Waals surface area contributed by atoms with Gasteiger partial charge in [0, 0.05) is 31.6 Å². The number of sulfonamides is 1. The minimum absolute atomic E-state index is 0.0270. The number of nitro groups is 1. The minimum atomic E-state index is -4.05. The third-order valence-electron chi connectivity index (χ3n) is 6.78. The van der Waals surface area contributed by atoms with Crippen molar-refractivity contribution in [2.75, 3.05) is 23.7 Å². The zero-order valence-corrected chi connectivity index (χ0v) is 25.4. The number of aryl methyl sites for hydroxylation is 2. The lowest BCUT2D eigenvalue weighted by Crippen LogP contribution is -2.53. The monoisotopic (exact) mass is 594 g/mol. The van der Waals surface area contributed by atoms with E-state index in [1.165, 1.54) is 17.0 Å². The van der Waals surface area contributed by atoms with Crippen LogP contribution >= 0.6 is 0 Å². The fourth-order valence-corrected chi connectivity index (χ4v) is 5.34. The molecule has 224 valence electrons. The van der Waals surface area contributed by atoms with Crippen molar-refractivity contribution in [3.63, 3.8) is 0 Å². The first-order valence-corrected chi connectivity index (χ1v) is 15.5. The van der Waals surface area contributed by atoms with Crippen molar-refractivity contribution in [3.8, 4) is 0 Å². The van der Waals surface area contributed by atoms with Crippen molar-refractivity contribution in [3.05, 3.63) is 105 Å². The Morgan fingerprint density at radius 3 is 2.17 bits per heavy atom. The summed E-state index contributed by atoms with van der Waals surface area (Å²) in [5.41, 5.74) is 2.79. The van der Waals surface area contributed by atoms with Gasteiger partial charge in [-0.25, -0.2) is 8.42 Å². The van der Waals surface area contributed by atoms with Gasteiger partial charge in [-0.3, -0.25) is 24.0 Å². The third kappa shape index (κ3) is 8.87. The highest BCUT2D eigenvalue weighted by Crippen LogP contribution is 2.28. The van der Waals surface area contributed by atoms with E-state index in [2.05, 4.69) is 5.32 Å². The van der Waals surface area contributed by atoms with Crippen LogP contribution in [0.1, 0.15) is 36.1 Å². The molecule has 0 fully saturated rings. The molecule has 42 heavy (non-hydrogen) atoms. The minimum Gasteiger partial charge on any atom is -0.354 e. The van der Waals surface area contributed by atoms with Crippen LogP contribution in [0.3, 0.4) is 0 Å². The SMILES string of the molecule is Cc1ccc(CN(C(=O)CN(c2cc([N+](=O)[O-])ccc2C)S(C)(=O)=O)[C@H](Cc2ccccc2)C(=O)NCC(C)C)cc1. The molecule has 0 heterocycles. The maximum absolute atomic E-state index is 14.2. The fraction of sp³-hybridized carbons (Fsp3) is 0.355. The summed E-state index contributed by atoms with van der Waals surface area (Å²) in [7, 11) is -4.05. The molecule has 1 atom stereocenters. The lowest BCUT2D eigenvalue weighted by atomic mass is 10.0. The Labute approximate surface area is 247 Å². The van der Waals surface area contributed by atoms with Crippen LogP contribution in [0.5, 0.6) is 0 Å². The maximum Gasteiger partial charge on any atom is 0.271 e. The summed E-state index contributed by atoms with van der Waals surface area (Å²) in [6, 6.07) is 19.7. The highest BCUT2D eigenvalue weighted by molar-refractivity contribution is 7.92. The Hall–Kier alpha value is -4.25. The molecule has 11 heteroatoms. The number of non-ortho nitro benzene ring substituents is 1. The van der Waals surface area contributed by atoms with Gasteiger partial charge in [0.1, 0.15) is 12.6 Å². The molecule has 0 saturated carbocycles. The second-order valence-corrected chi connectivity index (χ2v) is 12.8. The number of nitrogens with one attached hydrogen (secondary N) is 1. The van der Waals surface area contributed by atoms with Gasteiger partial charge in [0.15, 0.2) is 0 Å². The van der Waals surface area contributed by atoms with Crippen molar-refractivity contribution < 1.29 is 22.9 Å². The number of hydrogen-bond donors (Lipinski definition) is 1. The van der Waals surface area contributed by atoms with Gasteiger partial charge in [0.05, 0.1) is 16.9 Å². The molecule has 1 N–H and O–H groups in total. The molecule has 0 aromatic heterocycles. The molecule has 0 unspecified atom stereocenters. The highest BCUT2D eigenvalue weighted by Gasteiger charge is 2.33. The summed E-state index contributed by atoms with van der Waals surface area (Å²) < 4.78 is 26.9. The number of carbonyl (C=O) groups is 2. The maximum atomic E-state index is 14.2. The van der Waals surface area contributed by atoms with Crippen LogP contribution in [0.25, 0.3) is 0 Å². The summed E-state index contributed by atoms with van der Waals surface area (Å²) in [6.45, 7) is 7.30. The molecule has 0 aliphatic rings. The second kappa shape index (κ2) is 14.1. The van der Waals surface area contributed by atoms with Crippen molar-refractivity contribution in [2.24, 2.45) is 5.92 Å². The number of carbonyl (C=O) groups excluding carboxylic acids is 2. The Morgan fingerprint density at radius 2 is 1.60 bits per heavy atom. The molecule has 3 aromatic rings. The molecule has 0 radical (unpaired) electrons. The largest absolute Gasteiger partial charge is 0.354 e. The van der Waals surface area contributed by atoms with Gasteiger partial charge in [-0.05, 0) is 36.5 Å². The van der Waals surface area contributed by atoms with E-state index in [-0.39, 0.29) is 36.2 Å². The molecule has 0 spiro atoms. The Morgan fingerprint density at radius 1 is 0.952 bits per heavy atom. The Kier molecular flexibility index (Phi) is 10.8. The fourth-order valence-electron chi connectivity index (χ4n) is 4.44. The number of nitro benzene ring substituents is 1. The first kappa shape index (κ1) is 32.3. The summed E-state index contributed by atoms with van der Waals surface area (Å²) in [4.78, 5) is 40.1. The van der Waals surface area contributed by atoms with E-state index in [0.29, 0.717) is 12.1 Å². The number of rotatable bonds is 13. The zero-order valence-electron chi connectivity index (χ0n) is 24.6. The molecule has 10 nitrogen and oxygen atoms in total. The van der Waals surface area contributed by atoms with Crippen molar-refractivity contribution in [2.45, 2.75) is 46.7 Å². The highest BCUT2D eigenvalue weighted by atomic mass is 32.2. The van der Waals surface area contributed by atoms with E-state index < -0.39 is 33.4 Å². The van der Waals surface area contributed by atoms with E-state index in [1.807, 2.05) is 75.4 Å². The van der Waals surface area contributed by atoms with Gasteiger partial charge in [-0.15, -0.1) is 0 Å². The lowest BCUT2D eigenvalue weighted by Gasteiger charge is -2.34. The Bertz CT molecular complexity index is 1510. The summed E-state index contributed by atoms with van der Waals surface area (Å²) in [5.74, 6) is -0.803. The smallest absolute Gasteiger partial charge is 0.271 e. The summed E-state index contributed by atoms with van der Waals surface area (Å²) in [6.07, 6.45) is 1.15. The first-order valence-electron chi connectivity index (χ1n) is 13.7. The molecule has 0 aliphatic carbocycles. The van der Waals surface area contributed by atoms with Gasteiger partial charge >= 0.3 is 0 Å². The lowest BCUT2D eigenvalue weighted by molar-refractivity contribution is -0.384. The second-order valence-electron chi connectivity index (χ2n) is 10.8. The van der Waals surface area contributed by atoms with Crippen LogP contribution in [0.2, 0.25) is 0 Å². The summed E-state index contributed by atoms with van der Waals surface area (Å²) in [5, 5.41) is 14.4. The molecule has 3 aromatic carbocycles. The predicted molar refractivity (Wildman–Crippen MR) is 164 cm³/mol. The van der Waals surface area contributed by atoms with Crippen LogP contribution in [0.4, 0.5) is 11.4 Å². The van der Waals surface area contributed by atoms with E-state index in [4.69, 9.17) is 0 Å².